The summed E-state index contributed by atoms with van der Waals surface area (Å²) in [5.41, 5.74) is 0.971. The second-order valence-electron chi connectivity index (χ2n) is 5.85. The number of non-ortho nitro benzene ring substituents is 1. The standard InChI is InChI=1S/C16H20N2O5/c19-15(12-3-5-13(6-4-12)16(20)21)17-10-9-11-1-7-14(8-2-11)18(22)23/h1-2,7-8,12-13H,3-6,9-10H2,(H,17,19)(H,20,21). The predicted octanol–water partition coefficient (Wildman–Crippen LogP) is 2.14. The first kappa shape index (κ1) is 16.9. The van der Waals surface area contributed by atoms with Crippen LogP contribution in [0, 0.1) is 22.0 Å². The zero-order chi connectivity index (χ0) is 16.8. The summed E-state index contributed by atoms with van der Waals surface area (Å²) in [5, 5.41) is 22.4. The molecule has 0 radical (unpaired) electrons. The highest BCUT2D eigenvalue weighted by molar-refractivity contribution is 5.79. The van der Waals surface area contributed by atoms with Gasteiger partial charge in [0.25, 0.3) is 5.69 Å². The van der Waals surface area contributed by atoms with E-state index in [-0.39, 0.29) is 23.4 Å². The molecule has 0 aliphatic heterocycles. The van der Waals surface area contributed by atoms with E-state index >= 15 is 0 Å². The number of nitrogens with one attached hydrogen (secondary N) is 1. The lowest BCUT2D eigenvalue weighted by Gasteiger charge is -2.25. The van der Waals surface area contributed by atoms with Crippen molar-refractivity contribution in [2.75, 3.05) is 6.54 Å². The Bertz CT molecular complexity index is 577. The van der Waals surface area contributed by atoms with Gasteiger partial charge in [-0.15, -0.1) is 0 Å². The maximum absolute atomic E-state index is 12.1. The average molecular weight is 320 g/mol. The van der Waals surface area contributed by atoms with Crippen LogP contribution in [0.2, 0.25) is 0 Å². The minimum Gasteiger partial charge on any atom is -0.481 e. The largest absolute Gasteiger partial charge is 0.481 e. The van der Waals surface area contributed by atoms with Crippen molar-refractivity contribution >= 4 is 17.6 Å². The van der Waals surface area contributed by atoms with Crippen LogP contribution in [0.25, 0.3) is 0 Å². The molecule has 0 spiro atoms. The Kier molecular flexibility index (Phi) is 5.67. The molecule has 0 aromatic heterocycles. The van der Waals surface area contributed by atoms with Crippen LogP contribution in [0.1, 0.15) is 31.2 Å². The number of carboxylic acids is 1. The molecule has 0 saturated heterocycles. The van der Waals surface area contributed by atoms with E-state index in [2.05, 4.69) is 5.32 Å². The van der Waals surface area contributed by atoms with Gasteiger partial charge < -0.3 is 10.4 Å². The van der Waals surface area contributed by atoms with Crippen molar-refractivity contribution in [2.24, 2.45) is 11.8 Å². The number of carboxylic acid groups (broad SMARTS) is 1. The normalized spacial score (nSPS) is 20.7. The molecule has 7 heteroatoms. The number of amides is 1. The summed E-state index contributed by atoms with van der Waals surface area (Å²) in [6.45, 7) is 0.468. The summed E-state index contributed by atoms with van der Waals surface area (Å²) in [7, 11) is 0. The summed E-state index contributed by atoms with van der Waals surface area (Å²) >= 11 is 0. The smallest absolute Gasteiger partial charge is 0.306 e. The van der Waals surface area contributed by atoms with Gasteiger partial charge in [0, 0.05) is 24.6 Å². The predicted molar refractivity (Wildman–Crippen MR) is 82.9 cm³/mol. The SMILES string of the molecule is O=C(O)C1CCC(C(=O)NCCc2ccc([N+](=O)[O-])cc2)CC1. The number of hydrogen-bond donors (Lipinski definition) is 2. The van der Waals surface area contributed by atoms with E-state index in [1.165, 1.54) is 12.1 Å². The van der Waals surface area contributed by atoms with Gasteiger partial charge in [-0.2, -0.15) is 0 Å². The molecule has 1 amide bonds. The molecular weight excluding hydrogens is 300 g/mol. The van der Waals surface area contributed by atoms with Crippen molar-refractivity contribution in [1.82, 2.24) is 5.32 Å². The lowest BCUT2D eigenvalue weighted by Crippen LogP contribution is -2.35. The Morgan fingerprint density at radius 3 is 2.22 bits per heavy atom. The first-order valence-electron chi connectivity index (χ1n) is 7.71. The monoisotopic (exact) mass is 320 g/mol. The highest BCUT2D eigenvalue weighted by Gasteiger charge is 2.29. The van der Waals surface area contributed by atoms with Gasteiger partial charge in [-0.25, -0.2) is 0 Å². The molecule has 1 saturated carbocycles. The molecule has 0 bridgehead atoms. The quantitative estimate of drug-likeness (QED) is 0.616. The Balaban J connectivity index is 1.73. The third-order valence-corrected chi connectivity index (χ3v) is 4.31. The van der Waals surface area contributed by atoms with Crippen LogP contribution < -0.4 is 5.32 Å². The fourth-order valence-corrected chi connectivity index (χ4v) is 2.86. The maximum Gasteiger partial charge on any atom is 0.306 e. The molecule has 0 atom stereocenters. The third kappa shape index (κ3) is 4.77. The number of hydrogen-bond acceptors (Lipinski definition) is 4. The Hall–Kier alpha value is -2.44. The number of rotatable bonds is 6. The van der Waals surface area contributed by atoms with Crippen molar-refractivity contribution in [3.63, 3.8) is 0 Å². The molecule has 7 nitrogen and oxygen atoms in total. The van der Waals surface area contributed by atoms with Gasteiger partial charge >= 0.3 is 5.97 Å². The zero-order valence-electron chi connectivity index (χ0n) is 12.7. The molecule has 1 aliphatic carbocycles. The molecule has 1 fully saturated rings. The molecule has 23 heavy (non-hydrogen) atoms. The molecule has 2 rings (SSSR count). The van der Waals surface area contributed by atoms with Gasteiger partial charge in [-0.1, -0.05) is 12.1 Å². The van der Waals surface area contributed by atoms with Crippen LogP contribution in [-0.2, 0) is 16.0 Å². The number of carbonyl (C=O) groups is 2. The number of benzene rings is 1. The van der Waals surface area contributed by atoms with E-state index in [1.807, 2.05) is 0 Å². The van der Waals surface area contributed by atoms with E-state index < -0.39 is 10.9 Å². The number of aliphatic carboxylic acids is 1. The van der Waals surface area contributed by atoms with Crippen LogP contribution in [0.15, 0.2) is 24.3 Å². The Morgan fingerprint density at radius 1 is 1.13 bits per heavy atom. The van der Waals surface area contributed by atoms with Gasteiger partial charge in [0.2, 0.25) is 5.91 Å². The van der Waals surface area contributed by atoms with Crippen LogP contribution in [0.5, 0.6) is 0 Å². The van der Waals surface area contributed by atoms with Crippen LogP contribution in [-0.4, -0.2) is 28.5 Å². The summed E-state index contributed by atoms with van der Waals surface area (Å²) in [5.74, 6) is -1.24. The topological polar surface area (TPSA) is 110 Å². The minimum absolute atomic E-state index is 0.0317. The van der Waals surface area contributed by atoms with Gasteiger partial charge in [0.05, 0.1) is 10.8 Å². The lowest BCUT2D eigenvalue weighted by atomic mass is 9.81. The van der Waals surface area contributed by atoms with E-state index in [4.69, 9.17) is 5.11 Å². The third-order valence-electron chi connectivity index (χ3n) is 4.31. The molecule has 124 valence electrons. The van der Waals surface area contributed by atoms with Gasteiger partial charge in [-0.3, -0.25) is 19.7 Å². The number of nitro benzene ring substituents is 1. The van der Waals surface area contributed by atoms with Crippen LogP contribution in [0.4, 0.5) is 5.69 Å². The zero-order valence-corrected chi connectivity index (χ0v) is 12.7. The van der Waals surface area contributed by atoms with Crippen molar-refractivity contribution in [3.8, 4) is 0 Å². The molecule has 0 unspecified atom stereocenters. The second-order valence-corrected chi connectivity index (χ2v) is 5.85. The molecule has 0 heterocycles. The molecular formula is C16H20N2O5. The molecule has 1 aromatic rings. The Labute approximate surface area is 133 Å². The molecule has 2 N–H and O–H groups in total. The van der Waals surface area contributed by atoms with E-state index in [0.29, 0.717) is 38.6 Å². The van der Waals surface area contributed by atoms with Crippen molar-refractivity contribution in [1.29, 1.82) is 0 Å². The first-order chi connectivity index (χ1) is 11.0. The fourth-order valence-electron chi connectivity index (χ4n) is 2.86. The maximum atomic E-state index is 12.1. The van der Waals surface area contributed by atoms with E-state index in [0.717, 1.165) is 5.56 Å². The highest BCUT2D eigenvalue weighted by Crippen LogP contribution is 2.28. The number of carbonyl (C=O) groups excluding carboxylic acids is 1. The van der Waals surface area contributed by atoms with Crippen molar-refractivity contribution < 1.29 is 19.6 Å². The minimum atomic E-state index is -0.776. The molecule has 1 aliphatic rings. The second kappa shape index (κ2) is 7.71. The highest BCUT2D eigenvalue weighted by atomic mass is 16.6. The Morgan fingerprint density at radius 2 is 1.70 bits per heavy atom. The molecule has 1 aromatic carbocycles. The van der Waals surface area contributed by atoms with Crippen LogP contribution in [0.3, 0.4) is 0 Å². The number of nitrogens with zero attached hydrogens (tertiary/aromatic N) is 1. The fraction of sp³-hybridized carbons (Fsp3) is 0.500. The van der Waals surface area contributed by atoms with E-state index in [1.54, 1.807) is 12.1 Å². The average Bonchev–Trinajstić information content (AvgIpc) is 2.55. The summed E-state index contributed by atoms with van der Waals surface area (Å²) in [6.07, 6.45) is 2.93. The van der Waals surface area contributed by atoms with Crippen LogP contribution >= 0.6 is 0 Å². The summed E-state index contributed by atoms with van der Waals surface area (Å²) in [6, 6.07) is 6.26. The van der Waals surface area contributed by atoms with Crippen molar-refractivity contribution in [3.05, 3.63) is 39.9 Å². The van der Waals surface area contributed by atoms with E-state index in [9.17, 15) is 19.7 Å². The summed E-state index contributed by atoms with van der Waals surface area (Å²) < 4.78 is 0. The number of nitro groups is 1. The van der Waals surface area contributed by atoms with Crippen molar-refractivity contribution in [2.45, 2.75) is 32.1 Å². The van der Waals surface area contributed by atoms with Gasteiger partial charge in [-0.05, 0) is 37.7 Å². The summed E-state index contributed by atoms with van der Waals surface area (Å²) in [4.78, 5) is 33.1. The van der Waals surface area contributed by atoms with Gasteiger partial charge in [0.1, 0.15) is 0 Å². The lowest BCUT2D eigenvalue weighted by molar-refractivity contribution is -0.384. The van der Waals surface area contributed by atoms with Gasteiger partial charge in [0.15, 0.2) is 0 Å². The first-order valence-corrected chi connectivity index (χ1v) is 7.71.